The average molecular weight is 424 g/mol. The van der Waals surface area contributed by atoms with E-state index in [1.807, 2.05) is 12.1 Å². The van der Waals surface area contributed by atoms with Crippen LogP contribution in [0.2, 0.25) is 0 Å². The molecule has 3 aromatic rings. The van der Waals surface area contributed by atoms with Crippen LogP contribution < -0.4 is 14.8 Å². The highest BCUT2D eigenvalue weighted by Gasteiger charge is 2.16. The van der Waals surface area contributed by atoms with Crippen molar-refractivity contribution in [1.82, 2.24) is 15.0 Å². The Balaban J connectivity index is 1.48. The number of hydrogen-bond acceptors (Lipinski definition) is 7. The Morgan fingerprint density at radius 1 is 1.06 bits per heavy atom. The summed E-state index contributed by atoms with van der Waals surface area (Å²) in [5.74, 6) is 1.66. The van der Waals surface area contributed by atoms with Crippen LogP contribution in [0.5, 0.6) is 11.5 Å². The molecule has 2 aromatic carbocycles. The van der Waals surface area contributed by atoms with Crippen LogP contribution in [-0.4, -0.2) is 54.7 Å². The molecule has 0 atom stereocenters. The number of benzene rings is 2. The first-order valence-corrected chi connectivity index (χ1v) is 9.63. The lowest BCUT2D eigenvalue weighted by Gasteiger charge is -2.16. The van der Waals surface area contributed by atoms with Gasteiger partial charge < -0.3 is 24.2 Å². The summed E-state index contributed by atoms with van der Waals surface area (Å²) in [6.45, 7) is -0.0724. The number of hydrogen-bond donors (Lipinski definition) is 1. The van der Waals surface area contributed by atoms with Gasteiger partial charge in [0.15, 0.2) is 0 Å². The second-order valence-electron chi connectivity index (χ2n) is 6.77. The van der Waals surface area contributed by atoms with Crippen LogP contribution in [-0.2, 0) is 16.0 Å². The largest absolute Gasteiger partial charge is 0.497 e. The molecule has 1 heterocycles. The van der Waals surface area contributed by atoms with Gasteiger partial charge in [-0.1, -0.05) is 11.2 Å². The Labute approximate surface area is 180 Å². The van der Waals surface area contributed by atoms with E-state index in [-0.39, 0.29) is 31.2 Å². The quantitative estimate of drug-likeness (QED) is 0.563. The third-order valence-electron chi connectivity index (χ3n) is 4.53. The normalized spacial score (nSPS) is 10.4. The third-order valence-corrected chi connectivity index (χ3v) is 4.53. The Morgan fingerprint density at radius 2 is 1.81 bits per heavy atom. The molecular weight excluding hydrogens is 400 g/mol. The van der Waals surface area contributed by atoms with Crippen molar-refractivity contribution >= 4 is 17.5 Å². The van der Waals surface area contributed by atoms with Crippen LogP contribution in [0.4, 0.5) is 5.69 Å². The van der Waals surface area contributed by atoms with Gasteiger partial charge in [-0.3, -0.25) is 9.59 Å². The number of carbonyl (C=O) groups is 2. The van der Waals surface area contributed by atoms with Gasteiger partial charge in [0.2, 0.25) is 23.5 Å². The molecule has 1 N–H and O–H groups in total. The first kappa shape index (κ1) is 21.8. The molecular formula is C22H24N4O5. The second kappa shape index (κ2) is 10.2. The van der Waals surface area contributed by atoms with Crippen LogP contribution in [0.1, 0.15) is 12.3 Å². The maximum absolute atomic E-state index is 12.4. The number of likely N-dealkylation sites (N-methyl/N-ethyl adjacent to an activating group) is 1. The molecule has 0 saturated heterocycles. The highest BCUT2D eigenvalue weighted by molar-refractivity contribution is 5.94. The summed E-state index contributed by atoms with van der Waals surface area (Å²) in [7, 11) is 4.72. The first-order chi connectivity index (χ1) is 15.0. The fourth-order valence-corrected chi connectivity index (χ4v) is 2.82. The molecule has 3 rings (SSSR count). The lowest BCUT2D eigenvalue weighted by molar-refractivity contribution is -0.133. The lowest BCUT2D eigenvalue weighted by atomic mass is 10.2. The number of amides is 2. The van der Waals surface area contributed by atoms with Gasteiger partial charge in [0, 0.05) is 37.2 Å². The zero-order chi connectivity index (χ0) is 22.2. The number of aromatic nitrogens is 2. The Morgan fingerprint density at radius 3 is 2.52 bits per heavy atom. The summed E-state index contributed by atoms with van der Waals surface area (Å²) in [5.41, 5.74) is 1.38. The van der Waals surface area contributed by atoms with E-state index in [4.69, 9.17) is 14.0 Å². The molecule has 9 nitrogen and oxygen atoms in total. The number of ether oxygens (including phenoxy) is 2. The fraction of sp³-hybridized carbons (Fsp3) is 0.273. The van der Waals surface area contributed by atoms with Gasteiger partial charge in [-0.25, -0.2) is 0 Å². The highest BCUT2D eigenvalue weighted by Crippen LogP contribution is 2.20. The average Bonchev–Trinajstić information content (AvgIpc) is 3.26. The maximum atomic E-state index is 12.4. The van der Waals surface area contributed by atoms with E-state index in [2.05, 4.69) is 15.5 Å². The van der Waals surface area contributed by atoms with Crippen molar-refractivity contribution in [3.63, 3.8) is 0 Å². The number of nitrogens with one attached hydrogen (secondary N) is 1. The van der Waals surface area contributed by atoms with E-state index in [0.29, 0.717) is 23.2 Å². The van der Waals surface area contributed by atoms with E-state index in [9.17, 15) is 9.59 Å². The van der Waals surface area contributed by atoms with E-state index < -0.39 is 0 Å². The molecule has 0 fully saturated rings. The molecule has 0 aliphatic heterocycles. The molecule has 9 heteroatoms. The Bertz CT molecular complexity index is 1030. The Hall–Kier alpha value is -3.88. The summed E-state index contributed by atoms with van der Waals surface area (Å²) >= 11 is 0. The molecule has 0 unspecified atom stereocenters. The molecule has 162 valence electrons. The van der Waals surface area contributed by atoms with E-state index in [1.165, 1.54) is 4.90 Å². The number of anilines is 1. The van der Waals surface area contributed by atoms with Gasteiger partial charge in [-0.15, -0.1) is 0 Å². The minimum absolute atomic E-state index is 0.0724. The van der Waals surface area contributed by atoms with Crippen LogP contribution in [0.15, 0.2) is 53.1 Å². The number of aryl methyl sites for hydroxylation is 1. The van der Waals surface area contributed by atoms with Gasteiger partial charge >= 0.3 is 0 Å². The number of methoxy groups -OCH3 is 2. The predicted octanol–water partition coefficient (Wildman–Crippen LogP) is 2.78. The van der Waals surface area contributed by atoms with Gasteiger partial charge in [0.05, 0.1) is 20.8 Å². The first-order valence-electron chi connectivity index (χ1n) is 9.63. The van der Waals surface area contributed by atoms with Gasteiger partial charge in [0.25, 0.3) is 0 Å². The van der Waals surface area contributed by atoms with Crippen LogP contribution in [0, 0.1) is 0 Å². The molecule has 0 radical (unpaired) electrons. The monoisotopic (exact) mass is 424 g/mol. The Kier molecular flexibility index (Phi) is 7.21. The van der Waals surface area contributed by atoms with E-state index in [1.54, 1.807) is 57.7 Å². The lowest BCUT2D eigenvalue weighted by Crippen LogP contribution is -2.35. The van der Waals surface area contributed by atoms with Gasteiger partial charge in [0.1, 0.15) is 11.5 Å². The van der Waals surface area contributed by atoms with Crippen molar-refractivity contribution < 1.29 is 23.6 Å². The summed E-state index contributed by atoms with van der Waals surface area (Å²) in [6, 6.07) is 14.3. The van der Waals surface area contributed by atoms with Crippen molar-refractivity contribution in [3.8, 4) is 22.9 Å². The molecule has 0 aliphatic carbocycles. The maximum Gasteiger partial charge on any atom is 0.243 e. The van der Waals surface area contributed by atoms with Crippen molar-refractivity contribution in [1.29, 1.82) is 0 Å². The molecule has 2 amide bonds. The van der Waals surface area contributed by atoms with Crippen molar-refractivity contribution in [2.45, 2.75) is 12.8 Å². The molecule has 0 aliphatic rings. The number of rotatable bonds is 9. The molecule has 0 bridgehead atoms. The topological polar surface area (TPSA) is 107 Å². The SMILES string of the molecule is COc1ccc(-c2noc(CCC(=O)N(C)CC(=O)Nc3cccc(OC)c3)n2)cc1. The van der Waals surface area contributed by atoms with Crippen LogP contribution >= 0.6 is 0 Å². The predicted molar refractivity (Wildman–Crippen MR) is 114 cm³/mol. The van der Waals surface area contributed by atoms with E-state index >= 15 is 0 Å². The zero-order valence-corrected chi connectivity index (χ0v) is 17.6. The van der Waals surface area contributed by atoms with Crippen molar-refractivity contribution in [2.24, 2.45) is 0 Å². The van der Waals surface area contributed by atoms with Gasteiger partial charge in [-0.2, -0.15) is 4.98 Å². The number of nitrogens with zero attached hydrogens (tertiary/aromatic N) is 3. The van der Waals surface area contributed by atoms with Crippen molar-refractivity contribution in [3.05, 3.63) is 54.4 Å². The van der Waals surface area contributed by atoms with Crippen molar-refractivity contribution in [2.75, 3.05) is 33.1 Å². The second-order valence-corrected chi connectivity index (χ2v) is 6.77. The molecule has 0 saturated carbocycles. The summed E-state index contributed by atoms with van der Waals surface area (Å²) in [4.78, 5) is 30.3. The highest BCUT2D eigenvalue weighted by atomic mass is 16.5. The summed E-state index contributed by atoms with van der Waals surface area (Å²) in [6.07, 6.45) is 0.428. The molecule has 1 aromatic heterocycles. The molecule has 0 spiro atoms. The fourth-order valence-electron chi connectivity index (χ4n) is 2.82. The zero-order valence-electron chi connectivity index (χ0n) is 17.6. The van der Waals surface area contributed by atoms with Crippen LogP contribution in [0.25, 0.3) is 11.4 Å². The molecule has 31 heavy (non-hydrogen) atoms. The minimum atomic E-state index is -0.302. The summed E-state index contributed by atoms with van der Waals surface area (Å²) in [5, 5.41) is 6.69. The van der Waals surface area contributed by atoms with Crippen LogP contribution in [0.3, 0.4) is 0 Å². The van der Waals surface area contributed by atoms with E-state index in [0.717, 1.165) is 11.3 Å². The smallest absolute Gasteiger partial charge is 0.243 e. The third kappa shape index (κ3) is 6.05. The minimum Gasteiger partial charge on any atom is -0.497 e. The summed E-state index contributed by atoms with van der Waals surface area (Å²) < 4.78 is 15.5. The standard InChI is InChI=1S/C22H24N4O5/c1-26(14-19(27)23-16-5-4-6-18(13-16)30-3)21(28)12-11-20-24-22(25-31-20)15-7-9-17(29-2)10-8-15/h4-10,13H,11-12,14H2,1-3H3,(H,23,27). The van der Waals surface area contributed by atoms with Gasteiger partial charge in [-0.05, 0) is 36.4 Å². The number of carbonyl (C=O) groups excluding carboxylic acids is 2.